The highest BCUT2D eigenvalue weighted by Gasteiger charge is 2.58. The summed E-state index contributed by atoms with van der Waals surface area (Å²) in [6, 6.07) is 9.99. The van der Waals surface area contributed by atoms with Crippen LogP contribution in [-0.2, 0) is 11.2 Å². The van der Waals surface area contributed by atoms with Crippen molar-refractivity contribution in [3.05, 3.63) is 42.1 Å². The highest BCUT2D eigenvalue weighted by molar-refractivity contribution is 5.95. The Kier molecular flexibility index (Phi) is 4.57. The third kappa shape index (κ3) is 3.27. The topological polar surface area (TPSA) is 113 Å². The number of ether oxygens (including phenoxy) is 1. The van der Waals surface area contributed by atoms with E-state index in [0.717, 1.165) is 35.9 Å². The summed E-state index contributed by atoms with van der Waals surface area (Å²) >= 11 is 0. The van der Waals surface area contributed by atoms with Gasteiger partial charge in [0.1, 0.15) is 29.5 Å². The molecule has 2 aliphatic rings. The third-order valence-electron chi connectivity index (χ3n) is 6.24. The van der Waals surface area contributed by atoms with Crippen molar-refractivity contribution in [3.63, 3.8) is 0 Å². The predicted octanol–water partition coefficient (Wildman–Crippen LogP) is 2.04. The van der Waals surface area contributed by atoms with E-state index in [2.05, 4.69) is 37.3 Å². The van der Waals surface area contributed by atoms with Crippen molar-refractivity contribution in [2.45, 2.75) is 37.2 Å². The molecule has 5 rings (SSSR count). The summed E-state index contributed by atoms with van der Waals surface area (Å²) in [7, 11) is 3.87. The lowest BCUT2D eigenvalue weighted by Crippen LogP contribution is -2.47. The van der Waals surface area contributed by atoms with Gasteiger partial charge in [0.2, 0.25) is 0 Å². The Labute approximate surface area is 175 Å². The second kappa shape index (κ2) is 7.16. The van der Waals surface area contributed by atoms with E-state index in [9.17, 15) is 5.11 Å². The number of benzene rings is 1. The van der Waals surface area contributed by atoms with Crippen LogP contribution >= 0.6 is 0 Å². The zero-order chi connectivity index (χ0) is 20.9. The van der Waals surface area contributed by atoms with Gasteiger partial charge in [0.15, 0.2) is 5.82 Å². The van der Waals surface area contributed by atoms with E-state index in [1.54, 1.807) is 6.20 Å². The number of rotatable bonds is 5. The van der Waals surface area contributed by atoms with Crippen molar-refractivity contribution in [2.75, 3.05) is 31.7 Å². The van der Waals surface area contributed by atoms with E-state index >= 15 is 0 Å². The average molecular weight is 406 g/mol. The van der Waals surface area contributed by atoms with Crippen molar-refractivity contribution in [3.8, 4) is 11.4 Å². The number of likely N-dealkylation sites (N-methyl/N-ethyl adjacent to an activating group) is 1. The normalized spacial score (nSPS) is 25.8. The van der Waals surface area contributed by atoms with Crippen LogP contribution in [0.1, 0.15) is 18.4 Å². The maximum absolute atomic E-state index is 11.1. The summed E-state index contributed by atoms with van der Waals surface area (Å²) in [4.78, 5) is 15.7. The molecule has 8 nitrogen and oxygen atoms in total. The number of aliphatic hydroxyl groups is 1. The summed E-state index contributed by atoms with van der Waals surface area (Å²) in [5.74, 6) is 1.69. The first-order valence-electron chi connectivity index (χ1n) is 10.3. The summed E-state index contributed by atoms with van der Waals surface area (Å²) in [6.45, 7) is 0.852. The summed E-state index contributed by atoms with van der Waals surface area (Å²) < 4.78 is 5.70. The molecular weight excluding hydrogens is 380 g/mol. The van der Waals surface area contributed by atoms with Gasteiger partial charge in [0, 0.05) is 30.7 Å². The van der Waals surface area contributed by atoms with E-state index in [1.807, 2.05) is 32.3 Å². The standard InChI is InChI=1S/C22H26N6O2/c1-24-20-15-7-10-25-18(23)16(15)26-19(27-20)14-5-3-4-13(12-14)6-8-22(29)9-11-28(2)21-17(22)30-21/h3-5,7,10,12,17,21,29H,6,8-9,11H2,1-2H3,(H2,23,25)(H,24,26,27)/t17?,21?,22-/m1/s1. The number of nitrogen functional groups attached to an aromatic ring is 1. The molecule has 0 spiro atoms. The Morgan fingerprint density at radius 1 is 1.33 bits per heavy atom. The number of nitrogens with one attached hydrogen (secondary N) is 1. The number of nitrogens with zero attached hydrogens (tertiary/aromatic N) is 4. The van der Waals surface area contributed by atoms with Gasteiger partial charge < -0.3 is 20.9 Å². The molecule has 8 heteroatoms. The number of piperidine rings is 1. The molecule has 4 heterocycles. The molecule has 0 aliphatic carbocycles. The van der Waals surface area contributed by atoms with Gasteiger partial charge in [-0.15, -0.1) is 0 Å². The number of likely N-dealkylation sites (tertiary alicyclic amines) is 1. The van der Waals surface area contributed by atoms with Gasteiger partial charge in [-0.25, -0.2) is 15.0 Å². The summed E-state index contributed by atoms with van der Waals surface area (Å²) in [5.41, 5.74) is 7.97. The van der Waals surface area contributed by atoms with Crippen LogP contribution in [-0.4, -0.2) is 63.5 Å². The lowest BCUT2D eigenvalue weighted by Gasteiger charge is -2.33. The average Bonchev–Trinajstić information content (AvgIpc) is 3.58. The van der Waals surface area contributed by atoms with E-state index < -0.39 is 5.60 Å². The fraction of sp³-hybridized carbons (Fsp3) is 0.409. The van der Waals surface area contributed by atoms with E-state index in [4.69, 9.17) is 10.5 Å². The van der Waals surface area contributed by atoms with Crippen LogP contribution in [0.2, 0.25) is 0 Å². The quantitative estimate of drug-likeness (QED) is 0.552. The van der Waals surface area contributed by atoms with E-state index in [1.165, 1.54) is 0 Å². The van der Waals surface area contributed by atoms with Crippen molar-refractivity contribution in [1.29, 1.82) is 0 Å². The van der Waals surface area contributed by atoms with Crippen LogP contribution in [0.15, 0.2) is 36.5 Å². The first-order chi connectivity index (χ1) is 14.5. The van der Waals surface area contributed by atoms with Gasteiger partial charge in [-0.2, -0.15) is 0 Å². The molecule has 2 fully saturated rings. The number of hydrogen-bond acceptors (Lipinski definition) is 8. The summed E-state index contributed by atoms with van der Waals surface area (Å²) in [5, 5.41) is 15.0. The monoisotopic (exact) mass is 406 g/mol. The number of hydrogen-bond donors (Lipinski definition) is 3. The number of nitrogens with two attached hydrogens (primary N) is 1. The van der Waals surface area contributed by atoms with E-state index in [0.29, 0.717) is 29.4 Å². The Morgan fingerprint density at radius 2 is 2.20 bits per heavy atom. The zero-order valence-corrected chi connectivity index (χ0v) is 17.2. The molecule has 0 bridgehead atoms. The van der Waals surface area contributed by atoms with Gasteiger partial charge in [-0.05, 0) is 44.0 Å². The molecule has 0 amide bonds. The molecule has 3 atom stereocenters. The molecule has 3 aromatic rings. The smallest absolute Gasteiger partial charge is 0.162 e. The zero-order valence-electron chi connectivity index (χ0n) is 17.2. The van der Waals surface area contributed by atoms with Gasteiger partial charge in [0.05, 0.1) is 5.60 Å². The van der Waals surface area contributed by atoms with Crippen LogP contribution < -0.4 is 11.1 Å². The van der Waals surface area contributed by atoms with Gasteiger partial charge in [-0.3, -0.25) is 4.90 Å². The lowest BCUT2D eigenvalue weighted by atomic mass is 9.85. The van der Waals surface area contributed by atoms with Crippen LogP contribution in [0, 0.1) is 0 Å². The minimum Gasteiger partial charge on any atom is -0.387 e. The number of aromatic nitrogens is 3. The largest absolute Gasteiger partial charge is 0.387 e. The second-order valence-electron chi connectivity index (χ2n) is 8.22. The Balaban J connectivity index is 1.41. The molecular formula is C22H26N6O2. The lowest BCUT2D eigenvalue weighted by molar-refractivity contribution is -0.0174. The molecule has 2 unspecified atom stereocenters. The maximum Gasteiger partial charge on any atom is 0.162 e. The highest BCUT2D eigenvalue weighted by atomic mass is 16.6. The molecule has 2 aromatic heterocycles. The first-order valence-corrected chi connectivity index (χ1v) is 10.3. The van der Waals surface area contributed by atoms with Gasteiger partial charge in [-0.1, -0.05) is 18.2 Å². The first kappa shape index (κ1) is 19.2. The Hall–Kier alpha value is -2.81. The Bertz CT molecular complexity index is 1110. The molecule has 0 radical (unpaired) electrons. The highest BCUT2D eigenvalue weighted by Crippen LogP contribution is 2.43. The third-order valence-corrected chi connectivity index (χ3v) is 6.24. The van der Waals surface area contributed by atoms with Crippen molar-refractivity contribution < 1.29 is 9.84 Å². The van der Waals surface area contributed by atoms with Crippen LogP contribution in [0.4, 0.5) is 11.6 Å². The number of epoxide rings is 1. The molecule has 1 aromatic carbocycles. The van der Waals surface area contributed by atoms with Crippen molar-refractivity contribution >= 4 is 22.5 Å². The number of fused-ring (bicyclic) bond motifs is 2. The van der Waals surface area contributed by atoms with Crippen LogP contribution in [0.3, 0.4) is 0 Å². The van der Waals surface area contributed by atoms with Crippen molar-refractivity contribution in [1.82, 2.24) is 19.9 Å². The van der Waals surface area contributed by atoms with Crippen LogP contribution in [0.25, 0.3) is 22.3 Å². The SMILES string of the molecule is CNc1nc(-c2cccc(CC[C@@]3(O)CCN(C)C4OC43)c2)nc2c(N)nccc12. The minimum atomic E-state index is -0.758. The predicted molar refractivity (Wildman–Crippen MR) is 116 cm³/mol. The Morgan fingerprint density at radius 3 is 3.03 bits per heavy atom. The summed E-state index contributed by atoms with van der Waals surface area (Å²) in [6.07, 6.45) is 3.82. The molecule has 4 N–H and O–H groups in total. The fourth-order valence-electron chi connectivity index (χ4n) is 4.36. The second-order valence-corrected chi connectivity index (χ2v) is 8.22. The van der Waals surface area contributed by atoms with Gasteiger partial charge in [0.25, 0.3) is 0 Å². The number of aryl methyl sites for hydroxylation is 1. The fourth-order valence-corrected chi connectivity index (χ4v) is 4.36. The van der Waals surface area contributed by atoms with Crippen LogP contribution in [0.5, 0.6) is 0 Å². The minimum absolute atomic E-state index is 0.0696. The molecule has 156 valence electrons. The molecule has 0 saturated carbocycles. The number of pyridine rings is 1. The van der Waals surface area contributed by atoms with Crippen molar-refractivity contribution in [2.24, 2.45) is 0 Å². The van der Waals surface area contributed by atoms with Gasteiger partial charge >= 0.3 is 0 Å². The van der Waals surface area contributed by atoms with E-state index in [-0.39, 0.29) is 12.3 Å². The molecule has 2 aliphatic heterocycles. The maximum atomic E-state index is 11.1. The molecule has 2 saturated heterocycles. The number of anilines is 2. The molecule has 30 heavy (non-hydrogen) atoms.